The van der Waals surface area contributed by atoms with Gasteiger partial charge >= 0.3 is 5.97 Å². The first kappa shape index (κ1) is 11.9. The maximum atomic E-state index is 10.7. The lowest BCUT2D eigenvalue weighted by molar-refractivity contribution is -0.146. The van der Waals surface area contributed by atoms with Gasteiger partial charge in [0.15, 0.2) is 0 Å². The monoisotopic (exact) mass is 217 g/mol. The Balaban J connectivity index is 2.29. The molecule has 14 heavy (non-hydrogen) atoms. The van der Waals surface area contributed by atoms with Crippen molar-refractivity contribution in [2.75, 3.05) is 12.8 Å². The number of nitrogens with one attached hydrogen (secondary N) is 1. The van der Waals surface area contributed by atoms with E-state index >= 15 is 0 Å². The van der Waals surface area contributed by atoms with Gasteiger partial charge in [0.1, 0.15) is 0 Å². The van der Waals surface area contributed by atoms with E-state index in [1.807, 2.05) is 0 Å². The average Bonchev–Trinajstić information content (AvgIpc) is 2.01. The molecule has 0 aromatic rings. The number of carboxylic acids is 1. The number of thioether (sulfide) groups is 1. The highest BCUT2D eigenvalue weighted by Gasteiger charge is 2.36. The zero-order valence-corrected chi connectivity index (χ0v) is 9.86. The van der Waals surface area contributed by atoms with Crippen LogP contribution in [-0.2, 0) is 4.79 Å². The molecule has 1 saturated carbocycles. The molecule has 1 aliphatic rings. The van der Waals surface area contributed by atoms with Gasteiger partial charge in [0.25, 0.3) is 0 Å². The zero-order chi connectivity index (χ0) is 10.8. The largest absolute Gasteiger partial charge is 0.481 e. The highest BCUT2D eigenvalue weighted by molar-refractivity contribution is 7.99. The van der Waals surface area contributed by atoms with Crippen molar-refractivity contribution in [2.45, 2.75) is 37.5 Å². The van der Waals surface area contributed by atoms with E-state index in [-0.39, 0.29) is 16.7 Å². The smallest absolute Gasteiger partial charge is 0.308 e. The second kappa shape index (κ2) is 4.53. The van der Waals surface area contributed by atoms with Crippen molar-refractivity contribution in [3.63, 3.8) is 0 Å². The van der Waals surface area contributed by atoms with Gasteiger partial charge in [-0.05, 0) is 32.9 Å². The van der Waals surface area contributed by atoms with Gasteiger partial charge in [-0.15, -0.1) is 0 Å². The molecular weight excluding hydrogens is 198 g/mol. The van der Waals surface area contributed by atoms with Gasteiger partial charge in [-0.3, -0.25) is 4.79 Å². The summed E-state index contributed by atoms with van der Waals surface area (Å²) < 4.78 is 0.193. The Kier molecular flexibility index (Phi) is 3.84. The summed E-state index contributed by atoms with van der Waals surface area (Å²) in [7, 11) is 0. The zero-order valence-electron chi connectivity index (χ0n) is 9.04. The Morgan fingerprint density at radius 1 is 1.57 bits per heavy atom. The molecule has 0 amide bonds. The standard InChI is InChI=1S/C10H19NO2S/c1-10(2,14-3)6-11-8-5-4-7(8)9(12)13/h7-8,11H,4-6H2,1-3H3,(H,12,13). The summed E-state index contributed by atoms with van der Waals surface area (Å²) in [5.74, 6) is -0.816. The molecule has 1 aliphatic carbocycles. The molecule has 1 rings (SSSR count). The first-order valence-corrected chi connectivity index (χ1v) is 6.20. The Hall–Kier alpha value is -0.220. The molecule has 4 heteroatoms. The summed E-state index contributed by atoms with van der Waals surface area (Å²) in [5.41, 5.74) is 0. The third-order valence-corrected chi connectivity index (χ3v) is 4.18. The van der Waals surface area contributed by atoms with Gasteiger partial charge in [0, 0.05) is 17.3 Å². The third kappa shape index (κ3) is 2.89. The molecule has 0 saturated heterocycles. The van der Waals surface area contributed by atoms with Crippen LogP contribution in [0.15, 0.2) is 0 Å². The molecule has 0 spiro atoms. The summed E-state index contributed by atoms with van der Waals surface area (Å²) in [5, 5.41) is 12.2. The number of carboxylic acid groups (broad SMARTS) is 1. The molecule has 2 unspecified atom stereocenters. The highest BCUT2D eigenvalue weighted by Crippen LogP contribution is 2.29. The predicted octanol–water partition coefficient (Wildman–Crippen LogP) is 1.58. The lowest BCUT2D eigenvalue weighted by atomic mass is 9.79. The van der Waals surface area contributed by atoms with Gasteiger partial charge < -0.3 is 10.4 Å². The molecule has 2 N–H and O–H groups in total. The van der Waals surface area contributed by atoms with E-state index in [9.17, 15) is 4.79 Å². The quantitative estimate of drug-likeness (QED) is 0.734. The number of hydrogen-bond acceptors (Lipinski definition) is 3. The van der Waals surface area contributed by atoms with Gasteiger partial charge in [-0.1, -0.05) is 0 Å². The SMILES string of the molecule is CSC(C)(C)CNC1CCC1C(=O)O. The van der Waals surface area contributed by atoms with Crippen LogP contribution in [0.2, 0.25) is 0 Å². The van der Waals surface area contributed by atoms with Crippen LogP contribution in [-0.4, -0.2) is 34.7 Å². The molecule has 3 nitrogen and oxygen atoms in total. The Bertz CT molecular complexity index is 218. The van der Waals surface area contributed by atoms with Gasteiger partial charge in [0.05, 0.1) is 5.92 Å². The molecule has 0 radical (unpaired) electrons. The lowest BCUT2D eigenvalue weighted by Gasteiger charge is -2.36. The van der Waals surface area contributed by atoms with Crippen molar-refractivity contribution in [1.82, 2.24) is 5.32 Å². The topological polar surface area (TPSA) is 49.3 Å². The summed E-state index contributed by atoms with van der Waals surface area (Å²) in [6.07, 6.45) is 3.91. The van der Waals surface area contributed by atoms with Crippen molar-refractivity contribution in [3.8, 4) is 0 Å². The molecule has 1 fully saturated rings. The van der Waals surface area contributed by atoms with Crippen LogP contribution >= 0.6 is 11.8 Å². The molecular formula is C10H19NO2S. The van der Waals surface area contributed by atoms with Crippen LogP contribution in [0.25, 0.3) is 0 Å². The van der Waals surface area contributed by atoms with Crippen LogP contribution in [0.5, 0.6) is 0 Å². The van der Waals surface area contributed by atoms with Crippen LogP contribution in [0.3, 0.4) is 0 Å². The number of carbonyl (C=O) groups is 1. The Morgan fingerprint density at radius 2 is 2.21 bits per heavy atom. The van der Waals surface area contributed by atoms with E-state index in [4.69, 9.17) is 5.11 Å². The minimum Gasteiger partial charge on any atom is -0.481 e. The van der Waals surface area contributed by atoms with Crippen LogP contribution in [0.4, 0.5) is 0 Å². The van der Waals surface area contributed by atoms with Crippen LogP contribution in [0, 0.1) is 5.92 Å². The highest BCUT2D eigenvalue weighted by atomic mass is 32.2. The van der Waals surface area contributed by atoms with Crippen molar-refractivity contribution < 1.29 is 9.90 Å². The summed E-state index contributed by atoms with van der Waals surface area (Å²) >= 11 is 1.80. The molecule has 82 valence electrons. The van der Waals surface area contributed by atoms with Crippen molar-refractivity contribution in [1.29, 1.82) is 0 Å². The molecule has 0 aliphatic heterocycles. The first-order chi connectivity index (χ1) is 6.46. The molecule has 0 aromatic carbocycles. The van der Waals surface area contributed by atoms with E-state index in [0.29, 0.717) is 0 Å². The van der Waals surface area contributed by atoms with E-state index in [1.165, 1.54) is 0 Å². The normalized spacial score (nSPS) is 27.1. The van der Waals surface area contributed by atoms with Crippen LogP contribution in [0.1, 0.15) is 26.7 Å². The second-order valence-corrected chi connectivity index (χ2v) is 5.99. The molecule has 2 atom stereocenters. The minimum atomic E-state index is -0.657. The maximum Gasteiger partial charge on any atom is 0.308 e. The fourth-order valence-corrected chi connectivity index (χ4v) is 1.72. The Labute approximate surface area is 89.6 Å². The lowest BCUT2D eigenvalue weighted by Crippen LogP contribution is -2.50. The van der Waals surface area contributed by atoms with E-state index in [1.54, 1.807) is 11.8 Å². The third-order valence-electron chi connectivity index (χ3n) is 2.93. The molecule has 0 bridgehead atoms. The average molecular weight is 217 g/mol. The minimum absolute atomic E-state index is 0.160. The molecule has 0 aromatic heterocycles. The van der Waals surface area contributed by atoms with Crippen molar-refractivity contribution >= 4 is 17.7 Å². The van der Waals surface area contributed by atoms with E-state index in [2.05, 4.69) is 25.4 Å². The van der Waals surface area contributed by atoms with Gasteiger partial charge in [-0.25, -0.2) is 0 Å². The first-order valence-electron chi connectivity index (χ1n) is 4.97. The van der Waals surface area contributed by atoms with Crippen molar-refractivity contribution in [2.24, 2.45) is 5.92 Å². The fourth-order valence-electron chi connectivity index (χ4n) is 1.49. The number of rotatable bonds is 5. The predicted molar refractivity (Wildman–Crippen MR) is 59.7 cm³/mol. The van der Waals surface area contributed by atoms with Gasteiger partial charge in [0.2, 0.25) is 0 Å². The number of hydrogen-bond donors (Lipinski definition) is 2. The molecule has 0 heterocycles. The van der Waals surface area contributed by atoms with Crippen LogP contribution < -0.4 is 5.32 Å². The maximum absolute atomic E-state index is 10.7. The second-order valence-electron chi connectivity index (χ2n) is 4.47. The van der Waals surface area contributed by atoms with Gasteiger partial charge in [-0.2, -0.15) is 11.8 Å². The fraction of sp³-hybridized carbons (Fsp3) is 0.900. The number of aliphatic carboxylic acids is 1. The summed E-state index contributed by atoms with van der Waals surface area (Å²) in [6, 6.07) is 0.193. The van der Waals surface area contributed by atoms with E-state index in [0.717, 1.165) is 19.4 Å². The summed E-state index contributed by atoms with van der Waals surface area (Å²) in [6.45, 7) is 5.21. The Morgan fingerprint density at radius 3 is 2.57 bits per heavy atom. The summed E-state index contributed by atoms with van der Waals surface area (Å²) in [4.78, 5) is 10.7. The van der Waals surface area contributed by atoms with Crippen molar-refractivity contribution in [3.05, 3.63) is 0 Å². The van der Waals surface area contributed by atoms with E-state index < -0.39 is 5.97 Å².